The van der Waals surface area contributed by atoms with Gasteiger partial charge in [-0.2, -0.15) is 0 Å². The minimum Gasteiger partial charge on any atom is -0.358 e. The Morgan fingerprint density at radius 2 is 1.58 bits per heavy atom. The van der Waals surface area contributed by atoms with Crippen LogP contribution in [0, 0.1) is 0 Å². The minimum absolute atomic E-state index is 0.648. The first-order valence-corrected chi connectivity index (χ1v) is 8.50. The highest BCUT2D eigenvalue weighted by Gasteiger charge is 2.17. The Bertz CT molecular complexity index is 887. The second kappa shape index (κ2) is 6.46. The number of hydrogen-bond acceptors (Lipinski definition) is 1. The zero-order chi connectivity index (χ0) is 16.4. The molecule has 3 heteroatoms. The van der Waals surface area contributed by atoms with Gasteiger partial charge in [-0.25, -0.2) is 0 Å². The van der Waals surface area contributed by atoms with Gasteiger partial charge in [-0.3, -0.25) is 0 Å². The molecule has 0 radical (unpaired) electrons. The number of anilines is 1. The van der Waals surface area contributed by atoms with Crippen molar-refractivity contribution in [3.8, 4) is 11.1 Å². The molecule has 0 spiro atoms. The molecule has 118 valence electrons. The number of nitrogens with one attached hydrogen (secondary N) is 2. The molecule has 2 N–H and O–H groups in total. The first-order valence-electron chi connectivity index (χ1n) is 8.09. The summed E-state index contributed by atoms with van der Waals surface area (Å²) in [4.78, 5) is 0. The molecule has 0 aliphatic heterocycles. The molecule has 2 nitrogen and oxygen atoms in total. The monoisotopic (exact) mass is 330 g/mol. The molecule has 0 saturated heterocycles. The van der Waals surface area contributed by atoms with Gasteiger partial charge in [-0.05, 0) is 58.6 Å². The Balaban J connectivity index is 1.43. The summed E-state index contributed by atoms with van der Waals surface area (Å²) >= 11 is 5.41. The van der Waals surface area contributed by atoms with Crippen molar-refractivity contribution >= 4 is 23.0 Å². The lowest BCUT2D eigenvalue weighted by Gasteiger charge is -2.12. The molecule has 1 aliphatic rings. The predicted octanol–water partition coefficient (Wildman–Crippen LogP) is 4.74. The Hall–Kier alpha value is -2.65. The second-order valence-electron chi connectivity index (χ2n) is 6.00. The zero-order valence-corrected chi connectivity index (χ0v) is 14.1. The van der Waals surface area contributed by atoms with Crippen LogP contribution >= 0.6 is 12.2 Å². The topological polar surface area (TPSA) is 24.1 Å². The molecule has 0 heterocycles. The van der Waals surface area contributed by atoms with E-state index in [1.165, 1.54) is 27.8 Å². The first kappa shape index (κ1) is 14.9. The van der Waals surface area contributed by atoms with E-state index < -0.39 is 0 Å². The van der Waals surface area contributed by atoms with E-state index in [0.717, 1.165) is 18.7 Å². The molecule has 0 atom stereocenters. The van der Waals surface area contributed by atoms with Crippen LogP contribution < -0.4 is 10.6 Å². The van der Waals surface area contributed by atoms with Gasteiger partial charge in [0.15, 0.2) is 5.11 Å². The van der Waals surface area contributed by atoms with Crippen LogP contribution in [0.4, 0.5) is 5.69 Å². The fraction of sp³-hybridized carbons (Fsp3) is 0.0952. The lowest BCUT2D eigenvalue weighted by molar-refractivity contribution is 0.926. The zero-order valence-electron chi connectivity index (χ0n) is 13.3. The smallest absolute Gasteiger partial charge is 0.171 e. The standard InChI is InChI=1S/C21H18N2S/c24-21(22-14-15-6-2-1-3-7-15)23-18-10-11-20-17(13-18)12-16-8-4-5-9-19(16)20/h1-11,13H,12,14H2,(H2,22,23,24). The maximum absolute atomic E-state index is 5.41. The summed E-state index contributed by atoms with van der Waals surface area (Å²) in [5.74, 6) is 0. The average Bonchev–Trinajstić information content (AvgIpc) is 2.98. The van der Waals surface area contributed by atoms with E-state index in [9.17, 15) is 0 Å². The number of benzene rings is 3. The van der Waals surface area contributed by atoms with Gasteiger partial charge in [-0.15, -0.1) is 0 Å². The molecule has 0 aromatic heterocycles. The minimum atomic E-state index is 0.648. The summed E-state index contributed by atoms with van der Waals surface area (Å²) in [7, 11) is 0. The van der Waals surface area contributed by atoms with Gasteiger partial charge in [0.2, 0.25) is 0 Å². The third-order valence-electron chi connectivity index (χ3n) is 4.35. The maximum atomic E-state index is 5.41. The van der Waals surface area contributed by atoms with Gasteiger partial charge < -0.3 is 10.6 Å². The number of rotatable bonds is 3. The van der Waals surface area contributed by atoms with Gasteiger partial charge in [0.25, 0.3) is 0 Å². The Kier molecular flexibility index (Phi) is 4.01. The first-order chi connectivity index (χ1) is 11.8. The summed E-state index contributed by atoms with van der Waals surface area (Å²) in [6.45, 7) is 0.725. The molecule has 3 aromatic carbocycles. The van der Waals surface area contributed by atoms with Crippen LogP contribution in [0.15, 0.2) is 72.8 Å². The predicted molar refractivity (Wildman–Crippen MR) is 104 cm³/mol. The molecular weight excluding hydrogens is 312 g/mol. The highest BCUT2D eigenvalue weighted by molar-refractivity contribution is 7.80. The van der Waals surface area contributed by atoms with Gasteiger partial charge in [0.05, 0.1) is 0 Å². The summed E-state index contributed by atoms with van der Waals surface area (Å²) in [6, 6.07) is 25.3. The molecule has 0 fully saturated rings. The van der Waals surface area contributed by atoms with Gasteiger partial charge in [-0.1, -0.05) is 60.7 Å². The van der Waals surface area contributed by atoms with E-state index in [1.54, 1.807) is 0 Å². The molecule has 0 unspecified atom stereocenters. The quantitative estimate of drug-likeness (QED) is 0.530. The van der Waals surface area contributed by atoms with E-state index in [1.807, 2.05) is 18.2 Å². The Labute approximate surface area is 147 Å². The van der Waals surface area contributed by atoms with E-state index in [0.29, 0.717) is 5.11 Å². The number of fused-ring (bicyclic) bond motifs is 3. The molecule has 0 saturated carbocycles. The normalized spacial score (nSPS) is 11.5. The van der Waals surface area contributed by atoms with Crippen LogP contribution in [0.1, 0.15) is 16.7 Å². The van der Waals surface area contributed by atoms with Crippen molar-refractivity contribution < 1.29 is 0 Å². The summed E-state index contributed by atoms with van der Waals surface area (Å²) in [5.41, 5.74) is 7.68. The van der Waals surface area contributed by atoms with E-state index in [-0.39, 0.29) is 0 Å². The molecular formula is C21H18N2S. The average molecular weight is 330 g/mol. The summed E-state index contributed by atoms with van der Waals surface area (Å²) < 4.78 is 0. The van der Waals surface area contributed by atoms with Crippen molar-refractivity contribution in [2.45, 2.75) is 13.0 Å². The van der Waals surface area contributed by atoms with Crippen molar-refractivity contribution in [1.82, 2.24) is 5.32 Å². The lowest BCUT2D eigenvalue weighted by atomic mass is 10.1. The highest BCUT2D eigenvalue weighted by Crippen LogP contribution is 2.37. The van der Waals surface area contributed by atoms with Crippen LogP contribution in [-0.4, -0.2) is 5.11 Å². The molecule has 1 aliphatic carbocycles. The van der Waals surface area contributed by atoms with Crippen LogP contribution in [-0.2, 0) is 13.0 Å². The molecule has 24 heavy (non-hydrogen) atoms. The fourth-order valence-corrected chi connectivity index (χ4v) is 3.37. The van der Waals surface area contributed by atoms with Crippen LogP contribution in [0.3, 0.4) is 0 Å². The highest BCUT2D eigenvalue weighted by atomic mass is 32.1. The fourth-order valence-electron chi connectivity index (χ4n) is 3.18. The maximum Gasteiger partial charge on any atom is 0.171 e. The summed E-state index contributed by atoms with van der Waals surface area (Å²) in [5, 5.41) is 7.19. The number of thiocarbonyl (C=S) groups is 1. The van der Waals surface area contributed by atoms with Gasteiger partial charge in [0.1, 0.15) is 0 Å². The Morgan fingerprint density at radius 1 is 0.833 bits per heavy atom. The van der Waals surface area contributed by atoms with Gasteiger partial charge in [0, 0.05) is 12.2 Å². The van der Waals surface area contributed by atoms with E-state index in [2.05, 4.69) is 65.2 Å². The van der Waals surface area contributed by atoms with Crippen molar-refractivity contribution in [2.75, 3.05) is 5.32 Å². The molecule has 4 rings (SSSR count). The lowest BCUT2D eigenvalue weighted by Crippen LogP contribution is -2.27. The van der Waals surface area contributed by atoms with Crippen LogP contribution in [0.25, 0.3) is 11.1 Å². The third kappa shape index (κ3) is 3.03. The molecule has 0 amide bonds. The molecule has 3 aromatic rings. The van der Waals surface area contributed by atoms with Gasteiger partial charge >= 0.3 is 0 Å². The second-order valence-corrected chi connectivity index (χ2v) is 6.41. The summed E-state index contributed by atoms with van der Waals surface area (Å²) in [6.07, 6.45) is 0.991. The molecule has 0 bridgehead atoms. The van der Waals surface area contributed by atoms with Crippen molar-refractivity contribution in [1.29, 1.82) is 0 Å². The third-order valence-corrected chi connectivity index (χ3v) is 4.59. The van der Waals surface area contributed by atoms with Crippen molar-refractivity contribution in [3.05, 3.63) is 89.5 Å². The van der Waals surface area contributed by atoms with Crippen LogP contribution in [0.5, 0.6) is 0 Å². The number of hydrogen-bond donors (Lipinski definition) is 2. The largest absolute Gasteiger partial charge is 0.358 e. The van der Waals surface area contributed by atoms with Crippen molar-refractivity contribution in [2.24, 2.45) is 0 Å². The SMILES string of the molecule is S=C(NCc1ccccc1)Nc1ccc2c(c1)Cc1ccccc1-2. The van der Waals surface area contributed by atoms with Crippen molar-refractivity contribution in [3.63, 3.8) is 0 Å². The van der Waals surface area contributed by atoms with E-state index >= 15 is 0 Å². The van der Waals surface area contributed by atoms with E-state index in [4.69, 9.17) is 12.2 Å². The Morgan fingerprint density at radius 3 is 2.46 bits per heavy atom. The van der Waals surface area contributed by atoms with Crippen LogP contribution in [0.2, 0.25) is 0 Å².